The zero-order valence-electron chi connectivity index (χ0n) is 17.1. The van der Waals surface area contributed by atoms with Gasteiger partial charge in [-0.25, -0.2) is 9.59 Å². The molecule has 3 aromatic rings. The number of benzene rings is 2. The number of rotatable bonds is 6. The van der Waals surface area contributed by atoms with Crippen LogP contribution < -0.4 is 5.32 Å². The third kappa shape index (κ3) is 4.65. The van der Waals surface area contributed by atoms with Crippen molar-refractivity contribution in [2.45, 2.75) is 13.5 Å². The summed E-state index contributed by atoms with van der Waals surface area (Å²) in [5.74, 6) is 0.182. The zero-order chi connectivity index (χ0) is 22.7. The van der Waals surface area contributed by atoms with E-state index in [0.29, 0.717) is 23.7 Å². The van der Waals surface area contributed by atoms with E-state index in [1.807, 2.05) is 24.3 Å². The number of furan rings is 1. The quantitative estimate of drug-likeness (QED) is 0.296. The molecule has 2 aromatic carbocycles. The topological polar surface area (TPSA) is 88.9 Å². The van der Waals surface area contributed by atoms with Gasteiger partial charge in [0.15, 0.2) is 0 Å². The minimum Gasteiger partial charge on any atom is -0.462 e. The third-order valence-electron chi connectivity index (χ3n) is 4.81. The van der Waals surface area contributed by atoms with Crippen LogP contribution >= 0.6 is 15.9 Å². The van der Waals surface area contributed by atoms with Gasteiger partial charge in [0.1, 0.15) is 17.2 Å². The highest BCUT2D eigenvalue weighted by atomic mass is 79.9. The van der Waals surface area contributed by atoms with Gasteiger partial charge in [-0.1, -0.05) is 40.2 Å². The third-order valence-corrected chi connectivity index (χ3v) is 5.34. The van der Waals surface area contributed by atoms with Crippen molar-refractivity contribution in [2.75, 3.05) is 6.61 Å². The standard InChI is InChI=1S/C24H19BrN2O5/c1-2-31-23(29)17-7-5-16(6-8-17)21-12-11-19(32-21)13-20-22(28)27(24(30)26-20)14-15-3-9-18(25)10-4-15/h3-13H,2,14H2,1H3,(H,26,30)/b20-13+. The van der Waals surface area contributed by atoms with E-state index in [9.17, 15) is 14.4 Å². The largest absolute Gasteiger partial charge is 0.462 e. The van der Waals surface area contributed by atoms with Crippen molar-refractivity contribution in [3.05, 3.63) is 87.7 Å². The van der Waals surface area contributed by atoms with Crippen LogP contribution in [0, 0.1) is 0 Å². The van der Waals surface area contributed by atoms with Crippen molar-refractivity contribution < 1.29 is 23.5 Å². The second kappa shape index (κ2) is 9.23. The Hall–Kier alpha value is -3.65. The fourth-order valence-electron chi connectivity index (χ4n) is 3.20. The molecule has 0 unspecified atom stereocenters. The van der Waals surface area contributed by atoms with Gasteiger partial charge in [0.2, 0.25) is 0 Å². The van der Waals surface area contributed by atoms with Crippen LogP contribution in [-0.2, 0) is 16.1 Å². The van der Waals surface area contributed by atoms with E-state index in [-0.39, 0.29) is 18.2 Å². The Morgan fingerprint density at radius 1 is 1.06 bits per heavy atom. The minimum atomic E-state index is -0.481. The summed E-state index contributed by atoms with van der Waals surface area (Å²) in [5.41, 5.74) is 2.20. The molecule has 0 bridgehead atoms. The molecule has 3 amide bonds. The summed E-state index contributed by atoms with van der Waals surface area (Å²) < 4.78 is 11.7. The van der Waals surface area contributed by atoms with E-state index in [1.54, 1.807) is 43.3 Å². The normalized spacial score (nSPS) is 14.7. The average Bonchev–Trinajstić information content (AvgIpc) is 3.36. The van der Waals surface area contributed by atoms with E-state index < -0.39 is 11.9 Å². The van der Waals surface area contributed by atoms with Crippen LogP contribution in [0.15, 0.2) is 75.3 Å². The molecule has 2 heterocycles. The summed E-state index contributed by atoms with van der Waals surface area (Å²) in [6.45, 7) is 2.24. The number of ether oxygens (including phenoxy) is 1. The molecular weight excluding hydrogens is 476 g/mol. The molecule has 0 spiro atoms. The Morgan fingerprint density at radius 2 is 1.78 bits per heavy atom. The number of urea groups is 1. The van der Waals surface area contributed by atoms with Crippen molar-refractivity contribution in [2.24, 2.45) is 0 Å². The van der Waals surface area contributed by atoms with Crippen LogP contribution in [0.4, 0.5) is 4.79 Å². The predicted octanol–water partition coefficient (Wildman–Crippen LogP) is 4.98. The van der Waals surface area contributed by atoms with E-state index in [1.165, 1.54) is 6.08 Å². The molecule has 0 saturated carbocycles. The number of imide groups is 1. The van der Waals surface area contributed by atoms with Gasteiger partial charge in [-0.2, -0.15) is 0 Å². The fraction of sp³-hybridized carbons (Fsp3) is 0.125. The molecule has 0 aliphatic carbocycles. The van der Waals surface area contributed by atoms with Gasteiger partial charge in [0, 0.05) is 16.1 Å². The Bertz CT molecular complexity index is 1200. The average molecular weight is 495 g/mol. The van der Waals surface area contributed by atoms with Crippen molar-refractivity contribution >= 4 is 39.9 Å². The van der Waals surface area contributed by atoms with Crippen LogP contribution in [0.2, 0.25) is 0 Å². The fourth-order valence-corrected chi connectivity index (χ4v) is 3.46. The van der Waals surface area contributed by atoms with Gasteiger partial charge >= 0.3 is 12.0 Å². The lowest BCUT2D eigenvalue weighted by molar-refractivity contribution is -0.123. The highest BCUT2D eigenvalue weighted by Crippen LogP contribution is 2.25. The Morgan fingerprint density at radius 3 is 2.47 bits per heavy atom. The Balaban J connectivity index is 1.48. The lowest BCUT2D eigenvalue weighted by Crippen LogP contribution is -2.30. The summed E-state index contributed by atoms with van der Waals surface area (Å²) in [7, 11) is 0. The summed E-state index contributed by atoms with van der Waals surface area (Å²) in [6.07, 6.45) is 1.50. The number of esters is 1. The molecule has 1 fully saturated rings. The van der Waals surface area contributed by atoms with Crippen molar-refractivity contribution in [3.63, 3.8) is 0 Å². The van der Waals surface area contributed by atoms with Crippen molar-refractivity contribution in [1.29, 1.82) is 0 Å². The monoisotopic (exact) mass is 494 g/mol. The number of hydrogen-bond donors (Lipinski definition) is 1. The maximum atomic E-state index is 12.7. The van der Waals surface area contributed by atoms with Crippen molar-refractivity contribution in [1.82, 2.24) is 10.2 Å². The molecule has 1 aliphatic heterocycles. The van der Waals surface area contributed by atoms with Crippen LogP contribution in [0.3, 0.4) is 0 Å². The van der Waals surface area contributed by atoms with Gasteiger partial charge in [-0.05, 0) is 48.9 Å². The van der Waals surface area contributed by atoms with Crippen LogP contribution in [0.5, 0.6) is 0 Å². The SMILES string of the molecule is CCOC(=O)c1ccc(-c2ccc(/C=C3/NC(=O)N(Cc4ccc(Br)cc4)C3=O)o2)cc1. The van der Waals surface area contributed by atoms with Crippen LogP contribution in [-0.4, -0.2) is 29.4 Å². The zero-order valence-corrected chi connectivity index (χ0v) is 18.7. The Labute approximate surface area is 192 Å². The number of amides is 3. The molecule has 1 aromatic heterocycles. The first-order chi connectivity index (χ1) is 15.4. The van der Waals surface area contributed by atoms with E-state index in [0.717, 1.165) is 20.5 Å². The second-order valence-electron chi connectivity index (χ2n) is 7.01. The summed E-state index contributed by atoms with van der Waals surface area (Å²) in [6, 6.07) is 17.2. The van der Waals surface area contributed by atoms with E-state index in [4.69, 9.17) is 9.15 Å². The van der Waals surface area contributed by atoms with Crippen LogP contribution in [0.1, 0.15) is 28.6 Å². The number of hydrogen-bond acceptors (Lipinski definition) is 5. The highest BCUT2D eigenvalue weighted by molar-refractivity contribution is 9.10. The van der Waals surface area contributed by atoms with Gasteiger partial charge < -0.3 is 14.5 Å². The van der Waals surface area contributed by atoms with Crippen molar-refractivity contribution in [3.8, 4) is 11.3 Å². The molecular formula is C24H19BrN2O5. The van der Waals surface area contributed by atoms with Gasteiger partial charge in [0.05, 0.1) is 18.7 Å². The number of carbonyl (C=O) groups excluding carboxylic acids is 3. The smallest absolute Gasteiger partial charge is 0.338 e. The lowest BCUT2D eigenvalue weighted by Gasteiger charge is -2.11. The minimum absolute atomic E-state index is 0.144. The highest BCUT2D eigenvalue weighted by Gasteiger charge is 2.33. The van der Waals surface area contributed by atoms with Gasteiger partial charge in [0.25, 0.3) is 5.91 Å². The number of halogens is 1. The molecule has 8 heteroatoms. The summed E-state index contributed by atoms with van der Waals surface area (Å²) >= 11 is 3.36. The molecule has 162 valence electrons. The van der Waals surface area contributed by atoms with E-state index >= 15 is 0 Å². The summed E-state index contributed by atoms with van der Waals surface area (Å²) in [4.78, 5) is 37.9. The predicted molar refractivity (Wildman–Crippen MR) is 121 cm³/mol. The maximum Gasteiger partial charge on any atom is 0.338 e. The van der Waals surface area contributed by atoms with Gasteiger partial charge in [-0.3, -0.25) is 9.69 Å². The Kier molecular flexibility index (Phi) is 6.23. The molecule has 1 aliphatic rings. The first-order valence-corrected chi connectivity index (χ1v) is 10.7. The maximum absolute atomic E-state index is 12.7. The first kappa shape index (κ1) is 21.6. The molecule has 0 radical (unpaired) electrons. The first-order valence-electron chi connectivity index (χ1n) is 9.91. The molecule has 4 rings (SSSR count). The number of nitrogens with one attached hydrogen (secondary N) is 1. The van der Waals surface area contributed by atoms with Gasteiger partial charge in [-0.15, -0.1) is 0 Å². The lowest BCUT2D eigenvalue weighted by atomic mass is 10.1. The van der Waals surface area contributed by atoms with E-state index in [2.05, 4.69) is 21.2 Å². The molecule has 7 nitrogen and oxygen atoms in total. The second-order valence-corrected chi connectivity index (χ2v) is 7.92. The number of carbonyl (C=O) groups is 3. The summed E-state index contributed by atoms with van der Waals surface area (Å²) in [5, 5.41) is 2.59. The molecule has 1 saturated heterocycles. The molecule has 1 N–H and O–H groups in total. The molecule has 32 heavy (non-hydrogen) atoms. The van der Waals surface area contributed by atoms with Crippen LogP contribution in [0.25, 0.3) is 17.4 Å². The number of nitrogens with zero attached hydrogens (tertiary/aromatic N) is 1. The molecule has 0 atom stereocenters.